The summed E-state index contributed by atoms with van der Waals surface area (Å²) in [6, 6.07) is 18.9. The molecule has 0 saturated heterocycles. The second-order valence-electron chi connectivity index (χ2n) is 9.14. The first-order chi connectivity index (χ1) is 18.6. The van der Waals surface area contributed by atoms with E-state index in [1.165, 1.54) is 29.2 Å². The second kappa shape index (κ2) is 13.5. The van der Waals surface area contributed by atoms with Gasteiger partial charge in [0, 0.05) is 18.1 Å². The Labute approximate surface area is 235 Å². The summed E-state index contributed by atoms with van der Waals surface area (Å²) in [5, 5.41) is 3.22. The van der Waals surface area contributed by atoms with Crippen LogP contribution in [0, 0.1) is 6.92 Å². The predicted octanol–water partition coefficient (Wildman–Crippen LogP) is 4.80. The van der Waals surface area contributed by atoms with Crippen molar-refractivity contribution in [2.24, 2.45) is 0 Å². The molecule has 2 amide bonds. The Hall–Kier alpha value is -3.56. The van der Waals surface area contributed by atoms with Crippen LogP contribution in [0.3, 0.4) is 0 Å². The minimum Gasteiger partial charge on any atom is -0.497 e. The Balaban J connectivity index is 2.00. The summed E-state index contributed by atoms with van der Waals surface area (Å²) >= 11 is 5.98. The summed E-state index contributed by atoms with van der Waals surface area (Å²) in [6.07, 6.45) is 0.741. The number of carbonyl (C=O) groups excluding carboxylic acids is 2. The summed E-state index contributed by atoms with van der Waals surface area (Å²) in [4.78, 5) is 28.2. The second-order valence-corrected chi connectivity index (χ2v) is 11.4. The minimum absolute atomic E-state index is 0.00397. The molecule has 0 aromatic heterocycles. The number of hydrogen-bond acceptors (Lipinski definition) is 5. The molecule has 0 aliphatic rings. The summed E-state index contributed by atoms with van der Waals surface area (Å²) in [5.74, 6) is -0.186. The third kappa shape index (κ3) is 7.74. The number of carbonyl (C=O) groups is 2. The lowest BCUT2D eigenvalue weighted by atomic mass is 10.1. The summed E-state index contributed by atoms with van der Waals surface area (Å²) in [7, 11) is -2.58. The van der Waals surface area contributed by atoms with Gasteiger partial charge in [0.15, 0.2) is 0 Å². The smallest absolute Gasteiger partial charge is 0.264 e. The standard InChI is InChI=1S/C29H34ClN3O5S/c1-5-18-31-29(35)22(3)32(19-23-8-14-26(38-4)15-9-23)28(34)20-33(25-12-6-21(2)7-13-25)39(36,37)27-16-10-24(30)11-17-27/h6-17,22H,5,18-20H2,1-4H3,(H,31,35)/t22-/m0/s1. The van der Waals surface area contributed by atoms with Gasteiger partial charge >= 0.3 is 0 Å². The van der Waals surface area contributed by atoms with Crippen LogP contribution in [0.5, 0.6) is 5.75 Å². The molecule has 0 aliphatic heterocycles. The van der Waals surface area contributed by atoms with E-state index in [1.54, 1.807) is 62.6 Å². The van der Waals surface area contributed by atoms with Crippen LogP contribution in [0.1, 0.15) is 31.4 Å². The predicted molar refractivity (Wildman–Crippen MR) is 153 cm³/mol. The molecule has 0 radical (unpaired) electrons. The van der Waals surface area contributed by atoms with E-state index < -0.39 is 28.5 Å². The van der Waals surface area contributed by atoms with Gasteiger partial charge < -0.3 is 15.0 Å². The van der Waals surface area contributed by atoms with Crippen LogP contribution in [0.4, 0.5) is 5.69 Å². The number of hydrogen-bond donors (Lipinski definition) is 1. The zero-order chi connectivity index (χ0) is 28.6. The van der Waals surface area contributed by atoms with E-state index >= 15 is 0 Å². The van der Waals surface area contributed by atoms with E-state index in [-0.39, 0.29) is 17.3 Å². The van der Waals surface area contributed by atoms with Gasteiger partial charge in [-0.15, -0.1) is 0 Å². The zero-order valence-corrected chi connectivity index (χ0v) is 24.1. The molecule has 3 aromatic rings. The first kappa shape index (κ1) is 30.0. The highest BCUT2D eigenvalue weighted by Crippen LogP contribution is 2.26. The molecule has 0 saturated carbocycles. The van der Waals surface area contributed by atoms with Crippen LogP contribution in [-0.2, 0) is 26.2 Å². The van der Waals surface area contributed by atoms with Crippen molar-refractivity contribution in [1.29, 1.82) is 0 Å². The fraction of sp³-hybridized carbons (Fsp3) is 0.310. The van der Waals surface area contributed by atoms with Crippen molar-refractivity contribution in [3.8, 4) is 5.75 Å². The maximum Gasteiger partial charge on any atom is 0.264 e. The van der Waals surface area contributed by atoms with E-state index in [1.807, 2.05) is 13.8 Å². The molecule has 10 heteroatoms. The fourth-order valence-corrected chi connectivity index (χ4v) is 5.42. The molecular weight excluding hydrogens is 538 g/mol. The quantitative estimate of drug-likeness (QED) is 0.337. The highest BCUT2D eigenvalue weighted by atomic mass is 35.5. The fourth-order valence-electron chi connectivity index (χ4n) is 3.88. The van der Waals surface area contributed by atoms with E-state index in [9.17, 15) is 18.0 Å². The van der Waals surface area contributed by atoms with Gasteiger partial charge in [0.2, 0.25) is 11.8 Å². The third-order valence-corrected chi connectivity index (χ3v) is 8.27. The Morgan fingerprint density at radius 1 is 0.974 bits per heavy atom. The van der Waals surface area contributed by atoms with Gasteiger partial charge in [-0.05, 0) is 74.4 Å². The maximum atomic E-state index is 13.9. The molecule has 0 heterocycles. The van der Waals surface area contributed by atoms with Crippen LogP contribution in [0.25, 0.3) is 0 Å². The number of rotatable bonds is 12. The topological polar surface area (TPSA) is 96.0 Å². The van der Waals surface area contributed by atoms with Crippen molar-refractivity contribution >= 4 is 39.1 Å². The van der Waals surface area contributed by atoms with Crippen LogP contribution in [-0.4, -0.2) is 51.4 Å². The van der Waals surface area contributed by atoms with Crippen LogP contribution in [0.15, 0.2) is 77.7 Å². The summed E-state index contributed by atoms with van der Waals surface area (Å²) < 4.78 is 33.8. The average Bonchev–Trinajstić information content (AvgIpc) is 2.93. The lowest BCUT2D eigenvalue weighted by Crippen LogP contribution is -2.51. The van der Waals surface area contributed by atoms with Crippen molar-refractivity contribution in [3.63, 3.8) is 0 Å². The molecule has 0 bridgehead atoms. The zero-order valence-electron chi connectivity index (χ0n) is 22.6. The molecule has 0 spiro atoms. The Kier molecular flexibility index (Phi) is 10.4. The number of amides is 2. The molecule has 0 aliphatic carbocycles. The van der Waals surface area contributed by atoms with Crippen molar-refractivity contribution < 1.29 is 22.7 Å². The summed E-state index contributed by atoms with van der Waals surface area (Å²) in [5.41, 5.74) is 2.04. The van der Waals surface area contributed by atoms with Gasteiger partial charge in [-0.2, -0.15) is 0 Å². The number of anilines is 1. The molecule has 3 rings (SSSR count). The van der Waals surface area contributed by atoms with Gasteiger partial charge in [0.05, 0.1) is 17.7 Å². The van der Waals surface area contributed by atoms with Crippen LogP contribution < -0.4 is 14.4 Å². The monoisotopic (exact) mass is 571 g/mol. The van der Waals surface area contributed by atoms with Crippen molar-refractivity contribution in [2.75, 3.05) is 24.5 Å². The number of ether oxygens (including phenoxy) is 1. The van der Waals surface area contributed by atoms with E-state index in [2.05, 4.69) is 5.32 Å². The molecule has 8 nitrogen and oxygen atoms in total. The highest BCUT2D eigenvalue weighted by molar-refractivity contribution is 7.92. The first-order valence-corrected chi connectivity index (χ1v) is 14.4. The Morgan fingerprint density at radius 2 is 1.59 bits per heavy atom. The molecule has 208 valence electrons. The van der Waals surface area contributed by atoms with Crippen LogP contribution in [0.2, 0.25) is 5.02 Å². The highest BCUT2D eigenvalue weighted by Gasteiger charge is 2.32. The summed E-state index contributed by atoms with van der Waals surface area (Å²) in [6.45, 7) is 5.53. The number of aryl methyl sites for hydroxylation is 1. The number of nitrogens with zero attached hydrogens (tertiary/aromatic N) is 2. The normalized spacial score (nSPS) is 11.9. The maximum absolute atomic E-state index is 13.9. The minimum atomic E-state index is -4.14. The molecule has 0 fully saturated rings. The number of sulfonamides is 1. The molecule has 1 N–H and O–H groups in total. The van der Waals surface area contributed by atoms with Gasteiger partial charge in [-0.25, -0.2) is 8.42 Å². The Morgan fingerprint density at radius 3 is 2.15 bits per heavy atom. The molecule has 39 heavy (non-hydrogen) atoms. The van der Waals surface area contributed by atoms with Crippen LogP contribution >= 0.6 is 11.6 Å². The number of methoxy groups -OCH3 is 1. The molecule has 0 unspecified atom stereocenters. The Bertz CT molecular complexity index is 1360. The van der Waals surface area contributed by atoms with Gasteiger partial charge in [0.25, 0.3) is 10.0 Å². The van der Waals surface area contributed by atoms with Gasteiger partial charge in [-0.3, -0.25) is 13.9 Å². The number of benzene rings is 3. The van der Waals surface area contributed by atoms with Crippen molar-refractivity contribution in [2.45, 2.75) is 44.7 Å². The van der Waals surface area contributed by atoms with Crippen molar-refractivity contribution in [3.05, 3.63) is 88.9 Å². The van der Waals surface area contributed by atoms with Gasteiger partial charge in [-0.1, -0.05) is 48.4 Å². The largest absolute Gasteiger partial charge is 0.497 e. The number of halogens is 1. The third-order valence-electron chi connectivity index (χ3n) is 6.23. The lowest BCUT2D eigenvalue weighted by Gasteiger charge is -2.32. The average molecular weight is 572 g/mol. The molecular formula is C29H34ClN3O5S. The first-order valence-electron chi connectivity index (χ1n) is 12.6. The molecule has 1 atom stereocenters. The van der Waals surface area contributed by atoms with Crippen molar-refractivity contribution in [1.82, 2.24) is 10.2 Å². The van der Waals surface area contributed by atoms with E-state index in [0.717, 1.165) is 21.9 Å². The molecule has 3 aromatic carbocycles. The SMILES string of the molecule is CCCNC(=O)[C@H](C)N(Cc1ccc(OC)cc1)C(=O)CN(c1ccc(C)cc1)S(=O)(=O)c1ccc(Cl)cc1. The van der Waals surface area contributed by atoms with E-state index in [4.69, 9.17) is 16.3 Å². The van der Waals surface area contributed by atoms with E-state index in [0.29, 0.717) is 23.0 Å². The number of nitrogens with one attached hydrogen (secondary N) is 1. The van der Waals surface area contributed by atoms with Gasteiger partial charge in [0.1, 0.15) is 18.3 Å². The lowest BCUT2D eigenvalue weighted by molar-refractivity contribution is -0.139.